The lowest BCUT2D eigenvalue weighted by Gasteiger charge is -2.17. The van der Waals surface area contributed by atoms with Crippen molar-refractivity contribution >= 4 is 31.6 Å². The molecule has 0 radical (unpaired) electrons. The number of hydrogen-bond acceptors (Lipinski definition) is 5. The van der Waals surface area contributed by atoms with Crippen LogP contribution in [0.2, 0.25) is 0 Å². The number of aliphatic hydroxyl groups excluding tert-OH is 1. The quantitative estimate of drug-likeness (QED) is 0.526. The van der Waals surface area contributed by atoms with Crippen molar-refractivity contribution in [3.63, 3.8) is 0 Å². The van der Waals surface area contributed by atoms with Crippen LogP contribution in [0.5, 0.6) is 0 Å². The highest BCUT2D eigenvalue weighted by Gasteiger charge is 2.31. The molecule has 3 N–H and O–H groups in total. The van der Waals surface area contributed by atoms with Gasteiger partial charge in [-0.15, -0.1) is 0 Å². The van der Waals surface area contributed by atoms with E-state index in [1.54, 1.807) is 36.1 Å². The van der Waals surface area contributed by atoms with Crippen molar-refractivity contribution in [3.8, 4) is 0 Å². The van der Waals surface area contributed by atoms with Crippen molar-refractivity contribution < 1.29 is 13.5 Å². The second-order valence-corrected chi connectivity index (χ2v) is 8.44. The maximum Gasteiger partial charge on any atom is 0.242 e. The van der Waals surface area contributed by atoms with E-state index in [0.29, 0.717) is 34.4 Å². The molecule has 0 aromatic carbocycles. The van der Waals surface area contributed by atoms with E-state index in [2.05, 4.69) is 31.0 Å². The van der Waals surface area contributed by atoms with Gasteiger partial charge in [0.1, 0.15) is 9.50 Å². The van der Waals surface area contributed by atoms with Gasteiger partial charge in [-0.3, -0.25) is 0 Å². The van der Waals surface area contributed by atoms with E-state index < -0.39 is 16.3 Å². The van der Waals surface area contributed by atoms with Crippen LogP contribution < -0.4 is 10.0 Å². The topological polar surface area (TPSA) is 96.2 Å². The smallest absolute Gasteiger partial charge is 0.242 e. The van der Waals surface area contributed by atoms with Gasteiger partial charge in [-0.25, -0.2) is 18.1 Å². The summed E-state index contributed by atoms with van der Waals surface area (Å²) in [5.74, 6) is 0. The standard InChI is InChI=1S/C15H19BrN4O3S/c1-9-3-4-11-12(24(22,23)19-9)8-20(2)14(11)15(21)18-10-5-6-17-13(16)7-10/h5-9,15,19,21H,3-4H2,1-2H3,(H,17,18)/t9-,15?/m0/s1. The number of aryl methyl sites for hydroxylation is 1. The highest BCUT2D eigenvalue weighted by molar-refractivity contribution is 9.10. The van der Waals surface area contributed by atoms with E-state index in [1.165, 1.54) is 0 Å². The predicted octanol–water partition coefficient (Wildman–Crippen LogP) is 1.90. The molecule has 0 fully saturated rings. The lowest BCUT2D eigenvalue weighted by atomic mass is 10.1. The van der Waals surface area contributed by atoms with Gasteiger partial charge in [0.05, 0.1) is 5.69 Å². The zero-order chi connectivity index (χ0) is 17.5. The molecule has 24 heavy (non-hydrogen) atoms. The number of rotatable bonds is 3. The van der Waals surface area contributed by atoms with Gasteiger partial charge in [0.2, 0.25) is 10.0 Å². The molecule has 0 amide bonds. The summed E-state index contributed by atoms with van der Waals surface area (Å²) in [6, 6.07) is 3.34. The minimum absolute atomic E-state index is 0.137. The number of pyridine rings is 1. The van der Waals surface area contributed by atoms with Crippen LogP contribution in [0.25, 0.3) is 0 Å². The highest BCUT2D eigenvalue weighted by Crippen LogP contribution is 2.31. The summed E-state index contributed by atoms with van der Waals surface area (Å²) >= 11 is 3.28. The molecule has 1 aliphatic heterocycles. The van der Waals surface area contributed by atoms with E-state index >= 15 is 0 Å². The molecule has 9 heteroatoms. The summed E-state index contributed by atoms with van der Waals surface area (Å²) in [5, 5.41) is 13.6. The molecule has 2 aromatic rings. The second-order valence-electron chi connectivity index (χ2n) is 5.94. The zero-order valence-electron chi connectivity index (χ0n) is 13.3. The van der Waals surface area contributed by atoms with Crippen molar-refractivity contribution in [2.45, 2.75) is 36.9 Å². The first-order chi connectivity index (χ1) is 11.3. The van der Waals surface area contributed by atoms with Gasteiger partial charge in [0.15, 0.2) is 6.23 Å². The lowest BCUT2D eigenvalue weighted by molar-refractivity contribution is 0.198. The normalized spacial score (nSPS) is 20.9. The minimum Gasteiger partial charge on any atom is -0.368 e. The second kappa shape index (κ2) is 6.47. The number of nitrogens with zero attached hydrogens (tertiary/aromatic N) is 2. The van der Waals surface area contributed by atoms with Crippen molar-refractivity contribution in [3.05, 3.63) is 40.4 Å². The van der Waals surface area contributed by atoms with Crippen LogP contribution in [0.1, 0.15) is 30.8 Å². The Morgan fingerprint density at radius 3 is 3.00 bits per heavy atom. The number of hydrogen-bond donors (Lipinski definition) is 3. The predicted molar refractivity (Wildman–Crippen MR) is 94.0 cm³/mol. The maximum absolute atomic E-state index is 12.5. The molecule has 130 valence electrons. The van der Waals surface area contributed by atoms with Crippen LogP contribution in [0.3, 0.4) is 0 Å². The van der Waals surface area contributed by atoms with Gasteiger partial charge in [-0.05, 0) is 53.4 Å². The molecule has 0 spiro atoms. The van der Waals surface area contributed by atoms with Gasteiger partial charge in [-0.2, -0.15) is 0 Å². The SMILES string of the molecule is C[C@H]1CCc2c(cn(C)c2C(O)Nc2ccnc(Br)c2)S(=O)(=O)N1. The van der Waals surface area contributed by atoms with Crippen LogP contribution in [-0.2, 0) is 23.5 Å². The first kappa shape index (κ1) is 17.4. The molecule has 0 aliphatic carbocycles. The van der Waals surface area contributed by atoms with Gasteiger partial charge in [0.25, 0.3) is 0 Å². The van der Waals surface area contributed by atoms with Crippen LogP contribution in [-0.4, -0.2) is 29.1 Å². The van der Waals surface area contributed by atoms with Crippen LogP contribution >= 0.6 is 15.9 Å². The Balaban J connectivity index is 1.99. The molecular formula is C15H19BrN4O3S. The maximum atomic E-state index is 12.5. The van der Waals surface area contributed by atoms with Crippen LogP contribution in [0.4, 0.5) is 5.69 Å². The number of fused-ring (bicyclic) bond motifs is 1. The van der Waals surface area contributed by atoms with Crippen LogP contribution in [0, 0.1) is 0 Å². The fraction of sp³-hybridized carbons (Fsp3) is 0.400. The van der Waals surface area contributed by atoms with Crippen molar-refractivity contribution in [2.24, 2.45) is 7.05 Å². The summed E-state index contributed by atoms with van der Waals surface area (Å²) in [4.78, 5) is 4.28. The minimum atomic E-state index is -3.57. The Morgan fingerprint density at radius 1 is 1.54 bits per heavy atom. The van der Waals surface area contributed by atoms with Crippen molar-refractivity contribution in [1.82, 2.24) is 14.3 Å². The first-order valence-electron chi connectivity index (χ1n) is 7.54. The van der Waals surface area contributed by atoms with Gasteiger partial charge < -0.3 is 15.0 Å². The van der Waals surface area contributed by atoms with E-state index in [4.69, 9.17) is 0 Å². The summed E-state index contributed by atoms with van der Waals surface area (Å²) < 4.78 is 29.9. The summed E-state index contributed by atoms with van der Waals surface area (Å²) in [6.07, 6.45) is 3.39. The Bertz CT molecular complexity index is 866. The monoisotopic (exact) mass is 414 g/mol. The Hall–Kier alpha value is -1.42. The Labute approximate surface area is 149 Å². The van der Waals surface area contributed by atoms with E-state index in [-0.39, 0.29) is 10.9 Å². The number of halogens is 1. The fourth-order valence-corrected chi connectivity index (χ4v) is 4.94. The molecule has 1 aliphatic rings. The molecule has 7 nitrogen and oxygen atoms in total. The van der Waals surface area contributed by atoms with Crippen molar-refractivity contribution in [2.75, 3.05) is 5.32 Å². The molecular weight excluding hydrogens is 396 g/mol. The number of sulfonamides is 1. The van der Waals surface area contributed by atoms with Gasteiger partial charge in [0, 0.05) is 31.2 Å². The molecule has 2 aromatic heterocycles. The lowest BCUT2D eigenvalue weighted by Crippen LogP contribution is -2.30. The number of aliphatic hydroxyl groups is 1. The third-order valence-corrected chi connectivity index (χ3v) is 6.14. The van der Waals surface area contributed by atoms with Crippen molar-refractivity contribution in [1.29, 1.82) is 0 Å². The van der Waals surface area contributed by atoms with E-state index in [9.17, 15) is 13.5 Å². The van der Waals surface area contributed by atoms with Gasteiger partial charge in [-0.1, -0.05) is 0 Å². The number of nitrogens with one attached hydrogen (secondary N) is 2. The largest absolute Gasteiger partial charge is 0.368 e. The average molecular weight is 415 g/mol. The summed E-state index contributed by atoms with van der Waals surface area (Å²) in [5.41, 5.74) is 1.89. The number of anilines is 1. The Kier molecular flexibility index (Phi) is 4.69. The molecule has 3 rings (SSSR count). The fourth-order valence-electron chi connectivity index (χ4n) is 2.97. The van der Waals surface area contributed by atoms with Gasteiger partial charge >= 0.3 is 0 Å². The first-order valence-corrected chi connectivity index (χ1v) is 9.82. The number of aromatic nitrogens is 2. The van der Waals surface area contributed by atoms with E-state index in [0.717, 1.165) is 0 Å². The molecule has 0 saturated heterocycles. The molecule has 2 atom stereocenters. The third-order valence-electron chi connectivity index (χ3n) is 4.06. The Morgan fingerprint density at radius 2 is 2.29 bits per heavy atom. The molecule has 0 saturated carbocycles. The summed E-state index contributed by atoms with van der Waals surface area (Å²) in [6.45, 7) is 1.84. The third kappa shape index (κ3) is 3.34. The zero-order valence-corrected chi connectivity index (χ0v) is 15.7. The molecule has 1 unspecified atom stereocenters. The van der Waals surface area contributed by atoms with Crippen LogP contribution in [0.15, 0.2) is 34.0 Å². The highest BCUT2D eigenvalue weighted by atomic mass is 79.9. The van der Waals surface area contributed by atoms with E-state index in [1.807, 2.05) is 6.92 Å². The molecule has 0 bridgehead atoms. The average Bonchev–Trinajstić information content (AvgIpc) is 2.77. The summed E-state index contributed by atoms with van der Waals surface area (Å²) in [7, 11) is -1.84. The molecule has 3 heterocycles.